The second-order valence-electron chi connectivity index (χ2n) is 7.62. The van der Waals surface area contributed by atoms with Gasteiger partial charge in [-0.15, -0.1) is 0 Å². The lowest BCUT2D eigenvalue weighted by Gasteiger charge is -2.32. The number of carbonyl (C=O) groups is 1. The predicted octanol–water partition coefficient (Wildman–Crippen LogP) is 4.55. The molecule has 0 spiro atoms. The van der Waals surface area contributed by atoms with Gasteiger partial charge in [0.15, 0.2) is 0 Å². The summed E-state index contributed by atoms with van der Waals surface area (Å²) in [4.78, 5) is 15.1. The summed E-state index contributed by atoms with van der Waals surface area (Å²) in [5.74, 6) is 0.814. The molecule has 1 aliphatic heterocycles. The van der Waals surface area contributed by atoms with Gasteiger partial charge in [0, 0.05) is 18.8 Å². The Bertz CT molecular complexity index is 770. The van der Waals surface area contributed by atoms with Crippen LogP contribution in [0.15, 0.2) is 48.5 Å². The Balaban J connectivity index is 1.36. The van der Waals surface area contributed by atoms with Crippen molar-refractivity contribution in [3.63, 3.8) is 0 Å². The minimum Gasteiger partial charge on any atom is -0.326 e. The average Bonchev–Trinajstić information content (AvgIpc) is 3.46. The molecule has 0 unspecified atom stereocenters. The maximum atomic E-state index is 13.4. The number of hydrogen-bond acceptors (Lipinski definition) is 2. The fraction of sp³-hybridized carbons (Fsp3) is 0.409. The molecule has 2 aliphatic rings. The molecule has 1 atom stereocenters. The Morgan fingerprint density at radius 1 is 1.08 bits per heavy atom. The lowest BCUT2D eigenvalue weighted by molar-refractivity contribution is -0.121. The Kier molecular flexibility index (Phi) is 5.02. The first-order valence-corrected chi connectivity index (χ1v) is 9.56. The van der Waals surface area contributed by atoms with Crippen molar-refractivity contribution in [3.05, 3.63) is 54.3 Å². The number of amides is 1. The maximum absolute atomic E-state index is 13.4. The van der Waals surface area contributed by atoms with Crippen molar-refractivity contribution in [1.82, 2.24) is 4.90 Å². The quantitative estimate of drug-likeness (QED) is 0.856. The number of hydrogen-bond donors (Lipinski definition) is 1. The first kappa shape index (κ1) is 17.2. The van der Waals surface area contributed by atoms with Crippen molar-refractivity contribution in [2.75, 3.05) is 25.0 Å². The van der Waals surface area contributed by atoms with Crippen LogP contribution in [-0.4, -0.2) is 30.4 Å². The van der Waals surface area contributed by atoms with Crippen LogP contribution in [-0.2, 0) is 4.79 Å². The number of nitrogens with zero attached hydrogens (tertiary/aromatic N) is 1. The maximum Gasteiger partial charge on any atom is 0.228 e. The summed E-state index contributed by atoms with van der Waals surface area (Å²) in [6.07, 6.45) is 4.77. The van der Waals surface area contributed by atoms with Gasteiger partial charge in [-0.1, -0.05) is 24.3 Å². The zero-order valence-electron chi connectivity index (χ0n) is 15.0. The van der Waals surface area contributed by atoms with Crippen molar-refractivity contribution in [2.45, 2.75) is 25.7 Å². The molecule has 0 radical (unpaired) electrons. The molecular formula is C22H25FN2O. The molecule has 2 aromatic rings. The van der Waals surface area contributed by atoms with Crippen LogP contribution in [0.2, 0.25) is 0 Å². The molecule has 0 bridgehead atoms. The molecule has 1 heterocycles. The van der Waals surface area contributed by atoms with Crippen molar-refractivity contribution in [2.24, 2.45) is 11.8 Å². The number of rotatable bonds is 5. The van der Waals surface area contributed by atoms with Gasteiger partial charge in [0.1, 0.15) is 5.82 Å². The molecule has 1 saturated carbocycles. The van der Waals surface area contributed by atoms with Gasteiger partial charge in [-0.25, -0.2) is 4.39 Å². The number of anilines is 1. The third-order valence-electron chi connectivity index (χ3n) is 5.40. The van der Waals surface area contributed by atoms with Crippen molar-refractivity contribution in [1.29, 1.82) is 0 Å². The van der Waals surface area contributed by atoms with Crippen LogP contribution >= 0.6 is 0 Å². The van der Waals surface area contributed by atoms with E-state index >= 15 is 0 Å². The molecule has 136 valence electrons. The molecule has 1 N–H and O–H groups in total. The van der Waals surface area contributed by atoms with Crippen LogP contribution in [0.3, 0.4) is 0 Å². The van der Waals surface area contributed by atoms with E-state index in [-0.39, 0.29) is 17.6 Å². The molecular weight excluding hydrogens is 327 g/mol. The van der Waals surface area contributed by atoms with Crippen LogP contribution in [0, 0.1) is 17.7 Å². The minimum absolute atomic E-state index is 0.0744. The number of benzene rings is 2. The van der Waals surface area contributed by atoms with Gasteiger partial charge in [-0.2, -0.15) is 0 Å². The number of nitrogens with one attached hydrogen (secondary N) is 1. The first-order valence-electron chi connectivity index (χ1n) is 9.56. The van der Waals surface area contributed by atoms with E-state index in [1.165, 1.54) is 25.0 Å². The second-order valence-corrected chi connectivity index (χ2v) is 7.62. The predicted molar refractivity (Wildman–Crippen MR) is 102 cm³/mol. The molecule has 1 amide bonds. The average molecular weight is 352 g/mol. The topological polar surface area (TPSA) is 32.3 Å². The normalized spacial score (nSPS) is 20.7. The molecule has 26 heavy (non-hydrogen) atoms. The lowest BCUT2D eigenvalue weighted by Crippen LogP contribution is -2.41. The van der Waals surface area contributed by atoms with Gasteiger partial charge >= 0.3 is 0 Å². The SMILES string of the molecule is O=C(Nc1ccc(-c2cccc(F)c2)cc1)[C@@H]1CCCN(CC2CC2)C1. The molecule has 1 saturated heterocycles. The third-order valence-corrected chi connectivity index (χ3v) is 5.40. The van der Waals surface area contributed by atoms with E-state index in [2.05, 4.69) is 10.2 Å². The van der Waals surface area contributed by atoms with E-state index < -0.39 is 0 Å². The van der Waals surface area contributed by atoms with Crippen LogP contribution in [0.25, 0.3) is 11.1 Å². The zero-order valence-corrected chi connectivity index (χ0v) is 15.0. The van der Waals surface area contributed by atoms with Crippen molar-refractivity contribution in [3.8, 4) is 11.1 Å². The minimum atomic E-state index is -0.243. The van der Waals surface area contributed by atoms with Gasteiger partial charge in [-0.05, 0) is 73.5 Å². The van der Waals surface area contributed by atoms with Gasteiger partial charge in [0.2, 0.25) is 5.91 Å². The van der Waals surface area contributed by atoms with E-state index in [9.17, 15) is 9.18 Å². The summed E-state index contributed by atoms with van der Waals surface area (Å²) in [6, 6.07) is 14.2. The smallest absolute Gasteiger partial charge is 0.228 e. The monoisotopic (exact) mass is 352 g/mol. The summed E-state index contributed by atoms with van der Waals surface area (Å²) < 4.78 is 13.4. The van der Waals surface area contributed by atoms with E-state index in [4.69, 9.17) is 0 Å². The van der Waals surface area contributed by atoms with E-state index in [1.54, 1.807) is 6.07 Å². The highest BCUT2D eigenvalue weighted by Gasteiger charge is 2.30. The molecule has 0 aromatic heterocycles. The van der Waals surface area contributed by atoms with Gasteiger partial charge in [0.25, 0.3) is 0 Å². The second kappa shape index (κ2) is 7.58. The van der Waals surface area contributed by atoms with Gasteiger partial charge in [-0.3, -0.25) is 4.79 Å². The highest BCUT2D eigenvalue weighted by atomic mass is 19.1. The number of piperidine rings is 1. The third kappa shape index (κ3) is 4.31. The Hall–Kier alpha value is -2.20. The van der Waals surface area contributed by atoms with E-state index in [1.807, 2.05) is 30.3 Å². The molecule has 1 aliphatic carbocycles. The van der Waals surface area contributed by atoms with Crippen LogP contribution in [0.4, 0.5) is 10.1 Å². The standard InChI is InChI=1S/C22H25FN2O/c23-20-5-1-3-18(13-20)17-8-10-21(11-9-17)24-22(26)19-4-2-12-25(15-19)14-16-6-7-16/h1,3,5,8-11,13,16,19H,2,4,6-7,12,14-15H2,(H,24,26)/t19-/m1/s1. The summed E-state index contributed by atoms with van der Waals surface area (Å²) in [6.45, 7) is 3.17. The molecule has 4 heteroatoms. The summed E-state index contributed by atoms with van der Waals surface area (Å²) in [7, 11) is 0. The lowest BCUT2D eigenvalue weighted by atomic mass is 9.96. The van der Waals surface area contributed by atoms with Crippen molar-refractivity contribution < 1.29 is 9.18 Å². The summed E-state index contributed by atoms with van der Waals surface area (Å²) >= 11 is 0. The Morgan fingerprint density at radius 3 is 2.62 bits per heavy atom. The largest absolute Gasteiger partial charge is 0.326 e. The van der Waals surface area contributed by atoms with E-state index in [0.29, 0.717) is 0 Å². The molecule has 2 aromatic carbocycles. The number of likely N-dealkylation sites (tertiary alicyclic amines) is 1. The van der Waals surface area contributed by atoms with Crippen molar-refractivity contribution >= 4 is 11.6 Å². The highest BCUT2D eigenvalue weighted by molar-refractivity contribution is 5.93. The first-order chi connectivity index (χ1) is 12.7. The molecule has 3 nitrogen and oxygen atoms in total. The van der Waals surface area contributed by atoms with E-state index in [0.717, 1.165) is 55.2 Å². The number of carbonyl (C=O) groups excluding carboxylic acids is 1. The van der Waals surface area contributed by atoms with Crippen LogP contribution < -0.4 is 5.32 Å². The zero-order chi connectivity index (χ0) is 17.9. The number of halogens is 1. The fourth-order valence-electron chi connectivity index (χ4n) is 3.76. The fourth-order valence-corrected chi connectivity index (χ4v) is 3.76. The van der Waals surface area contributed by atoms with Crippen LogP contribution in [0.1, 0.15) is 25.7 Å². The van der Waals surface area contributed by atoms with Gasteiger partial charge < -0.3 is 10.2 Å². The molecule has 4 rings (SSSR count). The van der Waals surface area contributed by atoms with Gasteiger partial charge in [0.05, 0.1) is 5.92 Å². The Labute approximate surface area is 154 Å². The van der Waals surface area contributed by atoms with Crippen LogP contribution in [0.5, 0.6) is 0 Å². The summed E-state index contributed by atoms with van der Waals surface area (Å²) in [5.41, 5.74) is 2.58. The Morgan fingerprint density at radius 2 is 1.88 bits per heavy atom. The molecule has 2 fully saturated rings. The summed E-state index contributed by atoms with van der Waals surface area (Å²) in [5, 5.41) is 3.05. The highest BCUT2D eigenvalue weighted by Crippen LogP contribution is 2.31.